The van der Waals surface area contributed by atoms with Gasteiger partial charge in [0.05, 0.1) is 6.61 Å². The molecular formula is C17H18O3. The molecule has 3 rings (SSSR count). The van der Waals surface area contributed by atoms with Crippen LogP contribution in [0.1, 0.15) is 19.4 Å². The van der Waals surface area contributed by atoms with Crippen molar-refractivity contribution in [1.82, 2.24) is 0 Å². The number of fused-ring (bicyclic) bond motifs is 1. The Kier molecular flexibility index (Phi) is 4.77. The van der Waals surface area contributed by atoms with E-state index in [4.69, 9.17) is 4.74 Å². The van der Waals surface area contributed by atoms with Crippen LogP contribution < -0.4 is 4.74 Å². The average molecular weight is 270 g/mol. The van der Waals surface area contributed by atoms with Gasteiger partial charge < -0.3 is 9.47 Å². The standard InChI is InChI=1S/C13H10O.C4H8O2/c1-2-4-10(5-3-1)9-14-13-7-6-11-8-12(11)13;1-3-6-4(2)5/h1-8H,9H2;3H2,1-2H3. The van der Waals surface area contributed by atoms with E-state index in [1.807, 2.05) is 24.3 Å². The molecule has 0 N–H and O–H groups in total. The lowest BCUT2D eigenvalue weighted by Gasteiger charge is -2.03. The molecule has 0 aromatic heterocycles. The number of esters is 1. The van der Waals surface area contributed by atoms with Gasteiger partial charge in [-0.25, -0.2) is 0 Å². The molecule has 0 amide bonds. The van der Waals surface area contributed by atoms with Gasteiger partial charge >= 0.3 is 5.97 Å². The lowest BCUT2D eigenvalue weighted by molar-refractivity contribution is -0.140. The van der Waals surface area contributed by atoms with Crippen molar-refractivity contribution in [2.24, 2.45) is 0 Å². The van der Waals surface area contributed by atoms with Gasteiger partial charge in [0.2, 0.25) is 0 Å². The van der Waals surface area contributed by atoms with Crippen molar-refractivity contribution >= 4 is 5.97 Å². The molecule has 0 heterocycles. The number of ether oxygens (including phenoxy) is 2. The van der Waals surface area contributed by atoms with E-state index >= 15 is 0 Å². The van der Waals surface area contributed by atoms with Gasteiger partial charge in [0.1, 0.15) is 12.4 Å². The molecule has 104 valence electrons. The second-order valence-corrected chi connectivity index (χ2v) is 4.41. The van der Waals surface area contributed by atoms with Crippen LogP contribution in [0.25, 0.3) is 11.1 Å². The fourth-order valence-electron chi connectivity index (χ4n) is 1.79. The van der Waals surface area contributed by atoms with Crippen LogP contribution in [0, 0.1) is 0 Å². The Morgan fingerprint density at radius 3 is 2.30 bits per heavy atom. The van der Waals surface area contributed by atoms with Crippen LogP contribution in [0.2, 0.25) is 0 Å². The van der Waals surface area contributed by atoms with Gasteiger partial charge in [-0.05, 0) is 30.2 Å². The zero-order valence-corrected chi connectivity index (χ0v) is 11.8. The molecule has 0 aliphatic heterocycles. The van der Waals surface area contributed by atoms with Crippen LogP contribution in [0.5, 0.6) is 5.75 Å². The van der Waals surface area contributed by atoms with Crippen molar-refractivity contribution < 1.29 is 14.3 Å². The van der Waals surface area contributed by atoms with Crippen LogP contribution in [0.15, 0.2) is 48.5 Å². The van der Waals surface area contributed by atoms with Gasteiger partial charge in [0.15, 0.2) is 0 Å². The fourth-order valence-corrected chi connectivity index (χ4v) is 1.79. The quantitative estimate of drug-likeness (QED) is 0.676. The van der Waals surface area contributed by atoms with Gasteiger partial charge in [-0.1, -0.05) is 36.4 Å². The normalized spacial score (nSPS) is 10.1. The Morgan fingerprint density at radius 2 is 1.85 bits per heavy atom. The highest BCUT2D eigenvalue weighted by Crippen LogP contribution is 2.43. The summed E-state index contributed by atoms with van der Waals surface area (Å²) in [7, 11) is 0. The maximum absolute atomic E-state index is 9.82. The molecule has 2 aliphatic carbocycles. The van der Waals surface area contributed by atoms with Crippen molar-refractivity contribution in [2.45, 2.75) is 20.5 Å². The Labute approximate surface area is 119 Å². The summed E-state index contributed by atoms with van der Waals surface area (Å²) in [6, 6.07) is 16.5. The number of rotatable bonds is 4. The molecule has 20 heavy (non-hydrogen) atoms. The predicted octanol–water partition coefficient (Wildman–Crippen LogP) is 3.82. The smallest absolute Gasteiger partial charge is 0.302 e. The van der Waals surface area contributed by atoms with Crippen molar-refractivity contribution in [3.63, 3.8) is 0 Å². The Hall–Kier alpha value is -2.29. The fraction of sp³-hybridized carbons (Fsp3) is 0.235. The van der Waals surface area contributed by atoms with Crippen molar-refractivity contribution in [2.75, 3.05) is 6.61 Å². The molecule has 3 nitrogen and oxygen atoms in total. The molecular weight excluding hydrogens is 252 g/mol. The van der Waals surface area contributed by atoms with E-state index in [1.165, 1.54) is 23.6 Å². The first-order chi connectivity index (χ1) is 9.70. The highest BCUT2D eigenvalue weighted by molar-refractivity contribution is 5.87. The van der Waals surface area contributed by atoms with E-state index in [0.717, 1.165) is 5.75 Å². The van der Waals surface area contributed by atoms with Gasteiger partial charge in [-0.3, -0.25) is 4.79 Å². The molecule has 1 aromatic carbocycles. The summed E-state index contributed by atoms with van der Waals surface area (Å²) in [5, 5.41) is 0. The summed E-state index contributed by atoms with van der Waals surface area (Å²) in [5.74, 6) is 0.807. The Bertz CT molecular complexity index is 576. The number of benzene rings is 2. The highest BCUT2D eigenvalue weighted by atomic mass is 16.5. The topological polar surface area (TPSA) is 35.5 Å². The molecule has 0 radical (unpaired) electrons. The molecule has 2 aliphatic rings. The number of carbonyl (C=O) groups is 1. The summed E-state index contributed by atoms with van der Waals surface area (Å²) in [4.78, 5) is 9.82. The molecule has 0 unspecified atom stereocenters. The molecule has 0 bridgehead atoms. The van der Waals surface area contributed by atoms with E-state index in [9.17, 15) is 4.79 Å². The van der Waals surface area contributed by atoms with Crippen LogP contribution in [0.4, 0.5) is 0 Å². The third kappa shape index (κ3) is 4.12. The number of hydrogen-bond donors (Lipinski definition) is 0. The van der Waals surface area contributed by atoms with Crippen molar-refractivity contribution in [1.29, 1.82) is 0 Å². The minimum Gasteiger partial charge on any atom is -0.488 e. The van der Waals surface area contributed by atoms with E-state index in [0.29, 0.717) is 13.2 Å². The zero-order valence-electron chi connectivity index (χ0n) is 11.8. The first kappa shape index (κ1) is 14.1. The summed E-state index contributed by atoms with van der Waals surface area (Å²) in [5.41, 5.74) is 3.82. The third-order valence-electron chi connectivity index (χ3n) is 2.79. The largest absolute Gasteiger partial charge is 0.488 e. The molecule has 0 saturated heterocycles. The lowest BCUT2D eigenvalue weighted by Crippen LogP contribution is -1.95. The summed E-state index contributed by atoms with van der Waals surface area (Å²) in [6.45, 7) is 4.31. The minimum atomic E-state index is -0.211. The first-order valence-corrected chi connectivity index (χ1v) is 6.65. The van der Waals surface area contributed by atoms with Gasteiger partial charge in [-0.15, -0.1) is 0 Å². The first-order valence-electron chi connectivity index (χ1n) is 6.65. The molecule has 3 heteroatoms. The summed E-state index contributed by atoms with van der Waals surface area (Å²) in [6.07, 6.45) is 0. The third-order valence-corrected chi connectivity index (χ3v) is 2.79. The second-order valence-electron chi connectivity index (χ2n) is 4.41. The van der Waals surface area contributed by atoms with Gasteiger partial charge in [-0.2, -0.15) is 0 Å². The van der Waals surface area contributed by atoms with Crippen LogP contribution in [0.3, 0.4) is 0 Å². The van der Waals surface area contributed by atoms with E-state index < -0.39 is 0 Å². The molecule has 0 saturated carbocycles. The van der Waals surface area contributed by atoms with Crippen molar-refractivity contribution in [3.8, 4) is 16.9 Å². The van der Waals surface area contributed by atoms with E-state index in [2.05, 4.69) is 29.0 Å². The van der Waals surface area contributed by atoms with Gasteiger partial charge in [0.25, 0.3) is 0 Å². The van der Waals surface area contributed by atoms with Crippen molar-refractivity contribution in [3.05, 3.63) is 54.1 Å². The Balaban J connectivity index is 0.000000212. The maximum atomic E-state index is 9.82. The van der Waals surface area contributed by atoms with Crippen LogP contribution >= 0.6 is 0 Å². The number of hydrogen-bond acceptors (Lipinski definition) is 3. The molecule has 1 aromatic rings. The SMILES string of the molecule is CCOC(C)=O.c1ccc(COc2ccc3cc2-3)cc1. The van der Waals surface area contributed by atoms with Crippen LogP contribution in [-0.2, 0) is 16.1 Å². The van der Waals surface area contributed by atoms with Crippen LogP contribution in [-0.4, -0.2) is 12.6 Å². The Morgan fingerprint density at radius 1 is 1.10 bits per heavy atom. The average Bonchev–Trinajstić information content (AvgIpc) is 3.12. The zero-order chi connectivity index (χ0) is 14.4. The minimum absolute atomic E-state index is 0.211. The van der Waals surface area contributed by atoms with Gasteiger partial charge in [0, 0.05) is 12.5 Å². The second kappa shape index (κ2) is 6.75. The number of carbonyl (C=O) groups excluding carboxylic acids is 1. The highest BCUT2D eigenvalue weighted by Gasteiger charge is 2.18. The molecule has 0 atom stereocenters. The predicted molar refractivity (Wildman–Crippen MR) is 78.5 cm³/mol. The lowest BCUT2D eigenvalue weighted by atomic mass is 10.2. The van der Waals surface area contributed by atoms with E-state index in [-0.39, 0.29) is 5.97 Å². The van der Waals surface area contributed by atoms with E-state index in [1.54, 1.807) is 6.92 Å². The summed E-state index contributed by atoms with van der Waals surface area (Å²) < 4.78 is 10.1. The maximum Gasteiger partial charge on any atom is 0.302 e. The monoisotopic (exact) mass is 270 g/mol. The molecule has 0 fully saturated rings. The molecule has 0 spiro atoms. The summed E-state index contributed by atoms with van der Waals surface area (Å²) >= 11 is 0.